The van der Waals surface area contributed by atoms with Gasteiger partial charge < -0.3 is 19.6 Å². The van der Waals surface area contributed by atoms with Crippen LogP contribution < -0.4 is 10.9 Å². The Morgan fingerprint density at radius 3 is 2.85 bits per heavy atom. The topological polar surface area (TPSA) is 61.3 Å². The molecule has 142 valence electrons. The lowest BCUT2D eigenvalue weighted by atomic mass is 10.1. The molecule has 3 rings (SSSR count). The summed E-state index contributed by atoms with van der Waals surface area (Å²) < 4.78 is 5.48. The summed E-state index contributed by atoms with van der Waals surface area (Å²) >= 11 is 5.58. The number of H-pyrrole nitrogens is 1. The molecule has 6 heteroatoms. The zero-order valence-electron chi connectivity index (χ0n) is 15.7. The number of aryl methyl sites for hydroxylation is 1. The second kappa shape index (κ2) is 8.86. The standard InChI is InChI=1S/C21H25N3O2S/c1-3-4-9-22-21(27)24(14-18-6-5-10-26-18)13-17-12-16-8-7-15(2)11-19(16)23-20(17)25/h5-8,10-12H,3-4,9,13-14H2,1-2H3,(H,22,27)(H,23,25). The molecule has 0 fully saturated rings. The number of rotatable bonds is 7. The minimum absolute atomic E-state index is 0.0890. The van der Waals surface area contributed by atoms with Gasteiger partial charge in [0.1, 0.15) is 5.76 Å². The number of nitrogens with one attached hydrogen (secondary N) is 2. The van der Waals surface area contributed by atoms with Gasteiger partial charge in [-0.2, -0.15) is 0 Å². The van der Waals surface area contributed by atoms with Gasteiger partial charge in [-0.15, -0.1) is 0 Å². The van der Waals surface area contributed by atoms with Crippen LogP contribution in [0, 0.1) is 6.92 Å². The SMILES string of the molecule is CCCCNC(=S)N(Cc1ccco1)Cc1cc2ccc(C)cc2[nH]c1=O. The second-order valence-corrected chi connectivity index (χ2v) is 7.12. The summed E-state index contributed by atoms with van der Waals surface area (Å²) in [6, 6.07) is 11.8. The van der Waals surface area contributed by atoms with Gasteiger partial charge in [-0.1, -0.05) is 25.5 Å². The molecular weight excluding hydrogens is 358 g/mol. The molecule has 5 nitrogen and oxygen atoms in total. The molecule has 0 aliphatic rings. The van der Waals surface area contributed by atoms with E-state index in [9.17, 15) is 4.79 Å². The molecule has 2 aromatic heterocycles. The molecule has 0 amide bonds. The van der Waals surface area contributed by atoms with E-state index in [1.807, 2.05) is 48.2 Å². The number of benzene rings is 1. The van der Waals surface area contributed by atoms with E-state index in [1.54, 1.807) is 6.26 Å². The molecule has 0 radical (unpaired) electrons. The molecular formula is C21H25N3O2S. The van der Waals surface area contributed by atoms with E-state index < -0.39 is 0 Å². The average Bonchev–Trinajstić information content (AvgIpc) is 3.15. The molecule has 0 bridgehead atoms. The van der Waals surface area contributed by atoms with Crippen LogP contribution in [0.2, 0.25) is 0 Å². The summed E-state index contributed by atoms with van der Waals surface area (Å²) in [5.74, 6) is 0.808. The van der Waals surface area contributed by atoms with Gasteiger partial charge in [-0.25, -0.2) is 0 Å². The summed E-state index contributed by atoms with van der Waals surface area (Å²) in [6.07, 6.45) is 3.79. The van der Waals surface area contributed by atoms with Crippen molar-refractivity contribution in [2.75, 3.05) is 6.54 Å². The normalized spacial score (nSPS) is 10.9. The van der Waals surface area contributed by atoms with Gasteiger partial charge in [0.15, 0.2) is 5.11 Å². The Bertz CT molecular complexity index is 963. The molecule has 0 saturated carbocycles. The summed E-state index contributed by atoms with van der Waals surface area (Å²) in [5.41, 5.74) is 2.56. The number of nitrogens with zero attached hydrogens (tertiary/aromatic N) is 1. The Morgan fingerprint density at radius 1 is 1.26 bits per heavy atom. The van der Waals surface area contributed by atoms with Gasteiger partial charge in [-0.3, -0.25) is 4.79 Å². The Balaban J connectivity index is 1.85. The number of aromatic amines is 1. The predicted octanol–water partition coefficient (Wildman–Crippen LogP) is 4.11. The Kier molecular flexibility index (Phi) is 6.29. The summed E-state index contributed by atoms with van der Waals surface area (Å²) in [4.78, 5) is 17.5. The van der Waals surface area contributed by atoms with Crippen molar-refractivity contribution in [3.8, 4) is 0 Å². The highest BCUT2D eigenvalue weighted by Gasteiger charge is 2.15. The number of unbranched alkanes of at least 4 members (excludes halogenated alkanes) is 1. The minimum Gasteiger partial charge on any atom is -0.467 e. The molecule has 0 aliphatic heterocycles. The smallest absolute Gasteiger partial charge is 0.253 e. The van der Waals surface area contributed by atoms with Crippen LogP contribution in [0.1, 0.15) is 36.7 Å². The van der Waals surface area contributed by atoms with Crippen LogP contribution in [0.5, 0.6) is 0 Å². The first kappa shape index (κ1) is 19.2. The number of thiocarbonyl (C=S) groups is 1. The first-order chi connectivity index (χ1) is 13.1. The van der Waals surface area contributed by atoms with Gasteiger partial charge >= 0.3 is 0 Å². The minimum atomic E-state index is -0.0890. The van der Waals surface area contributed by atoms with Gasteiger partial charge in [0, 0.05) is 17.6 Å². The lowest BCUT2D eigenvalue weighted by Crippen LogP contribution is -2.40. The highest BCUT2D eigenvalue weighted by molar-refractivity contribution is 7.80. The maximum Gasteiger partial charge on any atom is 0.253 e. The van der Waals surface area contributed by atoms with E-state index in [0.717, 1.165) is 41.6 Å². The summed E-state index contributed by atoms with van der Waals surface area (Å²) in [5, 5.41) is 4.92. The van der Waals surface area contributed by atoms with Crippen molar-refractivity contribution < 1.29 is 4.42 Å². The number of pyridine rings is 1. The highest BCUT2D eigenvalue weighted by Crippen LogP contribution is 2.15. The van der Waals surface area contributed by atoms with Gasteiger partial charge in [0.25, 0.3) is 5.56 Å². The Labute approximate surface area is 164 Å². The molecule has 2 N–H and O–H groups in total. The predicted molar refractivity (Wildman–Crippen MR) is 113 cm³/mol. The highest BCUT2D eigenvalue weighted by atomic mass is 32.1. The van der Waals surface area contributed by atoms with Crippen LogP contribution in [0.4, 0.5) is 0 Å². The maximum absolute atomic E-state index is 12.6. The van der Waals surface area contributed by atoms with E-state index in [0.29, 0.717) is 23.8 Å². The van der Waals surface area contributed by atoms with Gasteiger partial charge in [0.2, 0.25) is 0 Å². The summed E-state index contributed by atoms with van der Waals surface area (Å²) in [7, 11) is 0. The fraction of sp³-hybridized carbons (Fsp3) is 0.333. The first-order valence-electron chi connectivity index (χ1n) is 9.24. The van der Waals surface area contributed by atoms with Gasteiger partial charge in [0.05, 0.1) is 19.4 Å². The van der Waals surface area contributed by atoms with Crippen molar-refractivity contribution in [2.24, 2.45) is 0 Å². The second-order valence-electron chi connectivity index (χ2n) is 6.74. The van der Waals surface area contributed by atoms with Gasteiger partial charge in [-0.05, 0) is 60.8 Å². The first-order valence-corrected chi connectivity index (χ1v) is 9.65. The number of aromatic nitrogens is 1. The van der Waals surface area contributed by atoms with E-state index in [-0.39, 0.29) is 5.56 Å². The number of hydrogen-bond donors (Lipinski definition) is 2. The Morgan fingerprint density at radius 2 is 2.11 bits per heavy atom. The molecule has 2 heterocycles. The molecule has 0 spiro atoms. The Hall–Kier alpha value is -2.60. The van der Waals surface area contributed by atoms with Crippen LogP contribution >= 0.6 is 12.2 Å². The number of furan rings is 1. The molecule has 0 saturated heterocycles. The maximum atomic E-state index is 12.6. The van der Waals surface area contributed by atoms with Crippen molar-refractivity contribution in [1.82, 2.24) is 15.2 Å². The fourth-order valence-electron chi connectivity index (χ4n) is 2.96. The van der Waals surface area contributed by atoms with Crippen LogP contribution in [0.3, 0.4) is 0 Å². The molecule has 27 heavy (non-hydrogen) atoms. The third kappa shape index (κ3) is 4.98. The monoisotopic (exact) mass is 383 g/mol. The fourth-order valence-corrected chi connectivity index (χ4v) is 3.19. The van der Waals surface area contributed by atoms with Crippen LogP contribution in [0.15, 0.2) is 51.9 Å². The van der Waals surface area contributed by atoms with Crippen molar-refractivity contribution in [3.05, 3.63) is 69.9 Å². The molecule has 0 atom stereocenters. The van der Waals surface area contributed by atoms with E-state index in [1.165, 1.54) is 0 Å². The molecule has 1 aromatic carbocycles. The van der Waals surface area contributed by atoms with E-state index in [4.69, 9.17) is 16.6 Å². The third-order valence-corrected chi connectivity index (χ3v) is 4.86. The van der Waals surface area contributed by atoms with Crippen LogP contribution in [-0.2, 0) is 13.1 Å². The summed E-state index contributed by atoms with van der Waals surface area (Å²) in [6.45, 7) is 5.89. The van der Waals surface area contributed by atoms with Crippen LogP contribution in [-0.4, -0.2) is 21.5 Å². The zero-order chi connectivity index (χ0) is 19.2. The third-order valence-electron chi connectivity index (χ3n) is 4.46. The largest absolute Gasteiger partial charge is 0.467 e. The van der Waals surface area contributed by atoms with E-state index in [2.05, 4.69) is 17.2 Å². The quantitative estimate of drug-likeness (QED) is 0.475. The zero-order valence-corrected chi connectivity index (χ0v) is 16.6. The van der Waals surface area contributed by atoms with Crippen molar-refractivity contribution in [3.63, 3.8) is 0 Å². The lowest BCUT2D eigenvalue weighted by molar-refractivity contribution is 0.350. The van der Waals surface area contributed by atoms with Crippen molar-refractivity contribution in [1.29, 1.82) is 0 Å². The molecule has 0 aliphatic carbocycles. The van der Waals surface area contributed by atoms with E-state index >= 15 is 0 Å². The molecule has 3 aromatic rings. The van der Waals surface area contributed by atoms with Crippen LogP contribution in [0.25, 0.3) is 10.9 Å². The molecule has 0 unspecified atom stereocenters. The number of fused-ring (bicyclic) bond motifs is 1. The van der Waals surface area contributed by atoms with Crippen molar-refractivity contribution >= 4 is 28.2 Å². The average molecular weight is 384 g/mol. The van der Waals surface area contributed by atoms with Crippen molar-refractivity contribution in [2.45, 2.75) is 39.8 Å². The number of hydrogen-bond acceptors (Lipinski definition) is 3. The lowest BCUT2D eigenvalue weighted by Gasteiger charge is -2.25.